The maximum absolute atomic E-state index is 3.62. The van der Waals surface area contributed by atoms with Gasteiger partial charge < -0.3 is 4.98 Å². The average Bonchev–Trinajstić information content (AvgIpc) is 3.26. The summed E-state index contributed by atoms with van der Waals surface area (Å²) in [7, 11) is 0. The van der Waals surface area contributed by atoms with Crippen molar-refractivity contribution in [3.8, 4) is 0 Å². The maximum atomic E-state index is 3.62. The first-order chi connectivity index (χ1) is 13.3. The third-order valence-electron chi connectivity index (χ3n) is 5.48. The molecule has 2 aromatic heterocycles. The number of allylic oxidation sites excluding steroid dienone is 1. The van der Waals surface area contributed by atoms with E-state index >= 15 is 0 Å². The molecule has 0 saturated heterocycles. The van der Waals surface area contributed by atoms with Crippen LogP contribution in [0.15, 0.2) is 72.8 Å². The summed E-state index contributed by atoms with van der Waals surface area (Å²) in [6, 6.07) is 24.2. The van der Waals surface area contributed by atoms with Gasteiger partial charge in [0.15, 0.2) is 0 Å². The van der Waals surface area contributed by atoms with Gasteiger partial charge >= 0.3 is 0 Å². The first-order valence-electron chi connectivity index (χ1n) is 9.25. The normalized spacial score (nSPS) is 12.5. The van der Waals surface area contributed by atoms with Crippen molar-refractivity contribution in [2.45, 2.75) is 6.92 Å². The lowest BCUT2D eigenvalue weighted by Crippen LogP contribution is -1.79. The van der Waals surface area contributed by atoms with Crippen LogP contribution in [0.25, 0.3) is 58.8 Å². The van der Waals surface area contributed by atoms with Crippen molar-refractivity contribution in [1.29, 1.82) is 0 Å². The molecule has 128 valence electrons. The Hall–Kier alpha value is -3.10. The quantitative estimate of drug-likeness (QED) is 0.306. The highest BCUT2D eigenvalue weighted by Gasteiger charge is 2.17. The minimum Gasteiger partial charge on any atom is -0.354 e. The maximum Gasteiger partial charge on any atom is 0.0485 e. The summed E-state index contributed by atoms with van der Waals surface area (Å²) in [5.41, 5.74) is 3.70. The molecule has 0 fully saturated rings. The smallest absolute Gasteiger partial charge is 0.0485 e. The zero-order chi connectivity index (χ0) is 18.0. The van der Waals surface area contributed by atoms with E-state index in [1.807, 2.05) is 11.3 Å². The molecule has 2 heteroatoms. The number of H-pyrrole nitrogens is 1. The van der Waals surface area contributed by atoms with E-state index in [1.54, 1.807) is 0 Å². The molecular weight excluding hydrogens is 346 g/mol. The van der Waals surface area contributed by atoms with E-state index in [1.165, 1.54) is 58.3 Å². The second-order valence-electron chi connectivity index (χ2n) is 7.02. The third-order valence-corrected chi connectivity index (χ3v) is 6.65. The van der Waals surface area contributed by atoms with Crippen LogP contribution in [0.5, 0.6) is 0 Å². The van der Waals surface area contributed by atoms with Crippen molar-refractivity contribution < 1.29 is 0 Å². The molecule has 0 amide bonds. The summed E-state index contributed by atoms with van der Waals surface area (Å²) in [5, 5.41) is 8.05. The third kappa shape index (κ3) is 1.99. The van der Waals surface area contributed by atoms with Crippen molar-refractivity contribution in [1.82, 2.24) is 4.98 Å². The van der Waals surface area contributed by atoms with Gasteiger partial charge in [-0.2, -0.15) is 0 Å². The van der Waals surface area contributed by atoms with Crippen molar-refractivity contribution in [3.63, 3.8) is 0 Å². The number of hydrogen-bond donors (Lipinski definition) is 1. The van der Waals surface area contributed by atoms with Gasteiger partial charge in [-0.3, -0.25) is 0 Å². The van der Waals surface area contributed by atoms with E-state index in [9.17, 15) is 0 Å². The first kappa shape index (κ1) is 15.0. The molecule has 0 bridgehead atoms. The molecule has 1 N–H and O–H groups in total. The van der Waals surface area contributed by atoms with Gasteiger partial charge in [0.2, 0.25) is 0 Å². The van der Waals surface area contributed by atoms with E-state index in [2.05, 4.69) is 90.8 Å². The SMILES string of the molecule is C/C=C/c1cc2[nH]c3ccccc3c2c2sc3ccc4ccccc4c3c12. The summed E-state index contributed by atoms with van der Waals surface area (Å²) < 4.78 is 2.73. The Morgan fingerprint density at radius 2 is 1.59 bits per heavy atom. The fourth-order valence-corrected chi connectivity index (χ4v) is 5.69. The number of nitrogens with one attached hydrogen (secondary N) is 1. The lowest BCUT2D eigenvalue weighted by atomic mass is 9.98. The largest absolute Gasteiger partial charge is 0.354 e. The molecule has 0 aliphatic rings. The second kappa shape index (κ2) is 5.45. The molecule has 6 rings (SSSR count). The van der Waals surface area contributed by atoms with Crippen LogP contribution in [0.1, 0.15) is 12.5 Å². The average molecular weight is 363 g/mol. The van der Waals surface area contributed by atoms with E-state index in [-0.39, 0.29) is 0 Å². The number of aromatic nitrogens is 1. The van der Waals surface area contributed by atoms with Crippen LogP contribution in [0.4, 0.5) is 0 Å². The molecule has 1 nitrogen and oxygen atoms in total. The molecule has 0 radical (unpaired) electrons. The zero-order valence-electron chi connectivity index (χ0n) is 14.9. The number of thiophene rings is 1. The second-order valence-corrected chi connectivity index (χ2v) is 8.08. The number of aromatic amines is 1. The minimum atomic E-state index is 1.20. The summed E-state index contributed by atoms with van der Waals surface area (Å²) >= 11 is 1.91. The molecule has 2 heterocycles. The van der Waals surface area contributed by atoms with Crippen molar-refractivity contribution in [3.05, 3.63) is 78.4 Å². The highest BCUT2D eigenvalue weighted by atomic mass is 32.1. The molecule has 6 aromatic rings. The summed E-state index contributed by atoms with van der Waals surface area (Å²) in [6.45, 7) is 2.09. The fourth-order valence-electron chi connectivity index (χ4n) is 4.37. The topological polar surface area (TPSA) is 15.8 Å². The number of hydrogen-bond acceptors (Lipinski definition) is 1. The number of rotatable bonds is 1. The van der Waals surface area contributed by atoms with Crippen LogP contribution in [-0.4, -0.2) is 4.98 Å². The predicted molar refractivity (Wildman–Crippen MR) is 121 cm³/mol. The van der Waals surface area contributed by atoms with Gasteiger partial charge in [0.1, 0.15) is 0 Å². The Morgan fingerprint density at radius 1 is 0.778 bits per heavy atom. The van der Waals surface area contributed by atoms with Crippen LogP contribution in [0.3, 0.4) is 0 Å². The molecular formula is C25H17NS. The standard InChI is InChI=1S/C25H17NS/c1-2-7-16-14-20-23(18-10-5-6-11-19(18)26-20)25-22(16)24-17-9-4-3-8-15(17)12-13-21(24)27-25/h2-14,26H,1H3/b7-2+. The molecule has 4 aromatic carbocycles. The molecule has 0 saturated carbocycles. The van der Waals surface area contributed by atoms with Crippen LogP contribution in [-0.2, 0) is 0 Å². The zero-order valence-corrected chi connectivity index (χ0v) is 15.7. The van der Waals surface area contributed by atoms with Crippen molar-refractivity contribution >= 4 is 70.2 Å². The van der Waals surface area contributed by atoms with Gasteiger partial charge in [-0.25, -0.2) is 0 Å². The summed E-state index contributed by atoms with van der Waals surface area (Å²) in [6.07, 6.45) is 4.37. The molecule has 0 atom stereocenters. The van der Waals surface area contributed by atoms with Gasteiger partial charge in [0.05, 0.1) is 0 Å². The van der Waals surface area contributed by atoms with Gasteiger partial charge in [-0.1, -0.05) is 60.7 Å². The highest BCUT2D eigenvalue weighted by Crippen LogP contribution is 2.45. The Bertz CT molecular complexity index is 1520. The van der Waals surface area contributed by atoms with E-state index < -0.39 is 0 Å². The van der Waals surface area contributed by atoms with Crippen molar-refractivity contribution in [2.75, 3.05) is 0 Å². The van der Waals surface area contributed by atoms with Crippen molar-refractivity contribution in [2.24, 2.45) is 0 Å². The van der Waals surface area contributed by atoms with E-state index in [0.717, 1.165) is 0 Å². The Morgan fingerprint density at radius 3 is 2.48 bits per heavy atom. The van der Waals surface area contributed by atoms with E-state index in [4.69, 9.17) is 0 Å². The number of benzene rings is 4. The lowest BCUT2D eigenvalue weighted by molar-refractivity contribution is 1.55. The minimum absolute atomic E-state index is 1.20. The number of fused-ring (bicyclic) bond motifs is 9. The summed E-state index contributed by atoms with van der Waals surface area (Å²) in [4.78, 5) is 3.62. The van der Waals surface area contributed by atoms with Gasteiger partial charge in [-0.15, -0.1) is 11.3 Å². The molecule has 0 unspecified atom stereocenters. The van der Waals surface area contributed by atoms with Crippen LogP contribution < -0.4 is 0 Å². The highest BCUT2D eigenvalue weighted by molar-refractivity contribution is 7.27. The van der Waals surface area contributed by atoms with Gasteiger partial charge in [0.25, 0.3) is 0 Å². The number of para-hydroxylation sites is 1. The fraction of sp³-hybridized carbons (Fsp3) is 0.0400. The molecule has 0 aliphatic carbocycles. The first-order valence-corrected chi connectivity index (χ1v) is 10.1. The van der Waals surface area contributed by atoms with Gasteiger partial charge in [0, 0.05) is 42.0 Å². The van der Waals surface area contributed by atoms with Crippen LogP contribution in [0, 0.1) is 0 Å². The monoisotopic (exact) mass is 363 g/mol. The molecule has 0 spiro atoms. The Kier molecular flexibility index (Phi) is 3.03. The lowest BCUT2D eigenvalue weighted by Gasteiger charge is -2.04. The van der Waals surface area contributed by atoms with Gasteiger partial charge in [-0.05, 0) is 41.5 Å². The van der Waals surface area contributed by atoms with Crippen LogP contribution >= 0.6 is 11.3 Å². The van der Waals surface area contributed by atoms with Crippen LogP contribution in [0.2, 0.25) is 0 Å². The Labute approximate surface area is 160 Å². The predicted octanol–water partition coefficient (Wildman–Crippen LogP) is 7.88. The Balaban J connectivity index is 1.97. The summed E-state index contributed by atoms with van der Waals surface area (Å²) in [5.74, 6) is 0. The molecule has 27 heavy (non-hydrogen) atoms. The van der Waals surface area contributed by atoms with E-state index in [0.29, 0.717) is 0 Å². The molecule has 0 aliphatic heterocycles.